The zero-order valence-electron chi connectivity index (χ0n) is 28.1. The van der Waals surface area contributed by atoms with Crippen LogP contribution >= 0.6 is 0 Å². The van der Waals surface area contributed by atoms with E-state index >= 15 is 0 Å². The lowest BCUT2D eigenvalue weighted by atomic mass is 9.37. The Morgan fingerprint density at radius 2 is 1.67 bits per heavy atom. The third kappa shape index (κ3) is 5.05. The van der Waals surface area contributed by atoms with Crippen LogP contribution in [0.1, 0.15) is 120 Å². The highest BCUT2D eigenvalue weighted by Gasteiger charge is 2.66. The zero-order valence-corrected chi connectivity index (χ0v) is 28.1. The summed E-state index contributed by atoms with van der Waals surface area (Å²) < 4.78 is 11.5. The molecule has 0 saturated heterocycles. The largest absolute Gasteiger partial charge is 0.481 e. The number of carbonyl (C=O) groups excluding carboxylic acids is 2. The molecular formula is C35H55BNO6. The van der Waals surface area contributed by atoms with Crippen molar-refractivity contribution in [3.63, 3.8) is 0 Å². The number of carboxylic acid groups (broad SMARTS) is 1. The number of rotatable bonds is 8. The summed E-state index contributed by atoms with van der Waals surface area (Å²) in [6, 6.07) is 0. The van der Waals surface area contributed by atoms with Crippen LogP contribution < -0.4 is 5.23 Å². The summed E-state index contributed by atoms with van der Waals surface area (Å²) >= 11 is 0. The fraction of sp³-hybridized carbons (Fsp3) is 0.857. The summed E-state index contributed by atoms with van der Waals surface area (Å²) in [6.45, 7) is 17.2. The summed E-state index contributed by atoms with van der Waals surface area (Å²) in [5, 5.41) is 13.1. The van der Waals surface area contributed by atoms with Gasteiger partial charge in [-0.1, -0.05) is 41.5 Å². The lowest BCUT2D eigenvalue weighted by molar-refractivity contribution is -0.213. The van der Waals surface area contributed by atoms with Gasteiger partial charge < -0.3 is 19.7 Å². The van der Waals surface area contributed by atoms with Crippen molar-refractivity contribution >= 4 is 25.3 Å². The molecule has 5 unspecified atom stereocenters. The number of esters is 1. The molecule has 5 rings (SSSR count). The fourth-order valence-electron chi connectivity index (χ4n) is 11.5. The molecule has 0 bridgehead atoms. The number of aliphatic carboxylic acids is 1. The fourth-order valence-corrected chi connectivity index (χ4v) is 11.5. The number of carboxylic acids is 1. The summed E-state index contributed by atoms with van der Waals surface area (Å²) in [6.07, 6.45) is 8.66. The topological polar surface area (TPSA) is 102 Å². The normalized spacial score (nSPS) is 40.3. The maximum Gasteiger partial charge on any atom is 0.396 e. The van der Waals surface area contributed by atoms with Gasteiger partial charge in [-0.05, 0) is 117 Å². The van der Waals surface area contributed by atoms with E-state index in [0.717, 1.165) is 56.9 Å². The first-order chi connectivity index (χ1) is 19.9. The predicted molar refractivity (Wildman–Crippen MR) is 167 cm³/mol. The van der Waals surface area contributed by atoms with Gasteiger partial charge in [0.05, 0.1) is 11.8 Å². The van der Waals surface area contributed by atoms with Crippen LogP contribution in [0.3, 0.4) is 0 Å². The molecule has 43 heavy (non-hydrogen) atoms. The molecule has 0 amide bonds. The van der Waals surface area contributed by atoms with Crippen LogP contribution in [0, 0.1) is 51.2 Å². The van der Waals surface area contributed by atoms with E-state index < -0.39 is 17.4 Å². The molecule has 8 atom stereocenters. The Morgan fingerprint density at radius 3 is 2.30 bits per heavy atom. The standard InChI is InChI=1S/C35H55BNO6/c1-20(2)28-23(38)18-35(37-36-42-9)17-12-22-21(29(28)35)10-11-25-33(22,7)15-13-24-32(5,6)26(14-16-34(24,25)8)43-27(39)19-31(3,4)30(40)41/h20-22,24-26,37H,10-19H2,1-9H3,(H,40,41)/t21?,22?,24?,25?,26-,33-,34-,35?/m0/s1. The second-order valence-corrected chi connectivity index (χ2v) is 16.9. The van der Waals surface area contributed by atoms with E-state index in [1.54, 1.807) is 28.6 Å². The molecule has 5 aliphatic rings. The quantitative estimate of drug-likeness (QED) is 0.243. The SMILES string of the molecule is CO[B]NC12CCC3C(CCC4[C@@]3(C)CCC3C(C)(C)[C@@H](OC(=O)CC(C)(C)C(=O)O)CC[C@@]34C)C1=C(C(C)C)C(=O)C2. The van der Waals surface area contributed by atoms with Crippen LogP contribution in [-0.2, 0) is 23.8 Å². The van der Waals surface area contributed by atoms with Gasteiger partial charge in [0.1, 0.15) is 6.10 Å². The average molecular weight is 597 g/mol. The molecule has 0 aromatic carbocycles. The van der Waals surface area contributed by atoms with E-state index in [1.165, 1.54) is 5.57 Å². The van der Waals surface area contributed by atoms with Crippen molar-refractivity contribution in [1.82, 2.24) is 5.23 Å². The van der Waals surface area contributed by atoms with Gasteiger partial charge in [0.15, 0.2) is 5.78 Å². The molecule has 1 radical (unpaired) electrons. The van der Waals surface area contributed by atoms with Crippen molar-refractivity contribution in [2.45, 2.75) is 131 Å². The maximum atomic E-state index is 13.5. The van der Waals surface area contributed by atoms with E-state index in [9.17, 15) is 19.5 Å². The molecule has 239 valence electrons. The van der Waals surface area contributed by atoms with Crippen molar-refractivity contribution in [3.8, 4) is 0 Å². The minimum absolute atomic E-state index is 0.115. The molecule has 0 heterocycles. The number of Topliss-reactive ketones (excluding diaryl/α,β-unsaturated/α-hetero) is 1. The number of nitrogens with one attached hydrogen (secondary N) is 1. The van der Waals surface area contributed by atoms with E-state index in [-0.39, 0.29) is 40.2 Å². The first kappa shape index (κ1) is 32.7. The van der Waals surface area contributed by atoms with Gasteiger partial charge in [-0.3, -0.25) is 14.4 Å². The van der Waals surface area contributed by atoms with Gasteiger partial charge in [0.25, 0.3) is 0 Å². The second-order valence-electron chi connectivity index (χ2n) is 16.9. The predicted octanol–water partition coefficient (Wildman–Crippen LogP) is 6.51. The van der Waals surface area contributed by atoms with E-state index in [1.807, 2.05) is 0 Å². The van der Waals surface area contributed by atoms with Crippen LogP contribution in [0.25, 0.3) is 0 Å². The molecule has 0 aromatic rings. The number of hydrogen-bond donors (Lipinski definition) is 2. The lowest BCUT2D eigenvalue weighted by Gasteiger charge is -2.68. The Hall–Kier alpha value is -1.67. The van der Waals surface area contributed by atoms with Crippen molar-refractivity contribution in [1.29, 1.82) is 0 Å². The van der Waals surface area contributed by atoms with Crippen LogP contribution in [0.5, 0.6) is 0 Å². The Labute approximate surface area is 260 Å². The summed E-state index contributed by atoms with van der Waals surface area (Å²) in [4.78, 5) is 38.1. The molecule has 8 heteroatoms. The molecule has 4 saturated carbocycles. The molecular weight excluding hydrogens is 541 g/mol. The van der Waals surface area contributed by atoms with Crippen molar-refractivity contribution in [2.24, 2.45) is 51.2 Å². The maximum absolute atomic E-state index is 13.5. The Balaban J connectivity index is 1.41. The molecule has 0 aromatic heterocycles. The van der Waals surface area contributed by atoms with Gasteiger partial charge in [-0.2, -0.15) is 0 Å². The first-order valence-corrected chi connectivity index (χ1v) is 16.8. The molecule has 4 fully saturated rings. The Morgan fingerprint density at radius 1 is 1.00 bits per heavy atom. The zero-order chi connectivity index (χ0) is 31.8. The molecule has 0 aliphatic heterocycles. The smallest absolute Gasteiger partial charge is 0.396 e. The summed E-state index contributed by atoms with van der Waals surface area (Å²) in [5.41, 5.74) is 1.16. The van der Waals surface area contributed by atoms with Crippen molar-refractivity contribution in [2.75, 3.05) is 7.11 Å². The number of ether oxygens (including phenoxy) is 1. The van der Waals surface area contributed by atoms with Gasteiger partial charge in [0, 0.05) is 24.5 Å². The van der Waals surface area contributed by atoms with Crippen molar-refractivity contribution < 1.29 is 28.9 Å². The number of hydrogen-bond acceptors (Lipinski definition) is 6. The van der Waals surface area contributed by atoms with Crippen LogP contribution in [0.4, 0.5) is 0 Å². The number of allylic oxidation sites excluding steroid dienone is 1. The molecule has 5 aliphatic carbocycles. The Bertz CT molecular complexity index is 1190. The number of ketones is 1. The van der Waals surface area contributed by atoms with Gasteiger partial charge in [-0.25, -0.2) is 0 Å². The highest BCUT2D eigenvalue weighted by Crippen LogP contribution is 2.72. The molecule has 2 N–H and O–H groups in total. The number of carbonyl (C=O) groups is 3. The minimum Gasteiger partial charge on any atom is -0.481 e. The Kier molecular flexibility index (Phi) is 8.37. The monoisotopic (exact) mass is 596 g/mol. The summed E-state index contributed by atoms with van der Waals surface area (Å²) in [7, 11) is 3.35. The second kappa shape index (κ2) is 11.0. The average Bonchev–Trinajstić information content (AvgIpc) is 3.21. The van der Waals surface area contributed by atoms with E-state index in [4.69, 9.17) is 9.39 Å². The summed E-state index contributed by atoms with van der Waals surface area (Å²) in [5.74, 6) is 1.11. The van der Waals surface area contributed by atoms with E-state index in [0.29, 0.717) is 35.9 Å². The van der Waals surface area contributed by atoms with Crippen LogP contribution in [-0.4, -0.2) is 49.2 Å². The minimum atomic E-state index is -1.14. The van der Waals surface area contributed by atoms with Gasteiger partial charge in [-0.15, -0.1) is 0 Å². The third-order valence-electron chi connectivity index (χ3n) is 13.4. The van der Waals surface area contributed by atoms with Crippen molar-refractivity contribution in [3.05, 3.63) is 11.1 Å². The van der Waals surface area contributed by atoms with E-state index in [2.05, 4.69) is 46.8 Å². The lowest BCUT2D eigenvalue weighted by Crippen LogP contribution is -2.64. The van der Waals surface area contributed by atoms with Gasteiger partial charge in [0.2, 0.25) is 0 Å². The first-order valence-electron chi connectivity index (χ1n) is 16.8. The molecule has 0 spiro atoms. The van der Waals surface area contributed by atoms with Crippen LogP contribution in [0.15, 0.2) is 11.1 Å². The number of fused-ring (bicyclic) bond motifs is 7. The molecule has 7 nitrogen and oxygen atoms in total. The van der Waals surface area contributed by atoms with Crippen LogP contribution in [0.2, 0.25) is 0 Å². The highest BCUT2D eigenvalue weighted by atomic mass is 16.5. The third-order valence-corrected chi connectivity index (χ3v) is 13.4. The van der Waals surface area contributed by atoms with Gasteiger partial charge >= 0.3 is 19.6 Å². The highest BCUT2D eigenvalue weighted by molar-refractivity contribution is 6.24.